The number of carbonyl (C=O) groups is 1. The minimum Gasteiger partial charge on any atom is -0.340 e. The average Bonchev–Trinajstić information content (AvgIpc) is 2.80. The number of amides is 1. The lowest BCUT2D eigenvalue weighted by atomic mass is 10.0. The first-order chi connectivity index (χ1) is 8.83. The molecule has 4 rings (SSSR count). The number of likely N-dealkylation sites (tertiary alicyclic amines) is 1. The molecule has 3 fully saturated rings. The first-order valence-electron chi connectivity index (χ1n) is 7.00. The number of nitrogens with one attached hydrogen (secondary N) is 1. The Morgan fingerprint density at radius 2 is 1.94 bits per heavy atom. The minimum absolute atomic E-state index is 0.237. The molecule has 2 unspecified atom stereocenters. The van der Waals surface area contributed by atoms with Crippen molar-refractivity contribution >= 4 is 5.91 Å². The Balaban J connectivity index is 1.54. The zero-order valence-corrected chi connectivity index (χ0v) is 10.5. The van der Waals surface area contributed by atoms with Crippen LogP contribution in [0.4, 0.5) is 0 Å². The van der Waals surface area contributed by atoms with Crippen molar-refractivity contribution in [3.05, 3.63) is 24.0 Å². The molecular formula is C14H19N3O. The number of carbonyl (C=O) groups excluding carboxylic acids is 1. The van der Waals surface area contributed by atoms with Crippen molar-refractivity contribution < 1.29 is 4.79 Å². The van der Waals surface area contributed by atoms with Crippen LogP contribution in [0.3, 0.4) is 0 Å². The largest absolute Gasteiger partial charge is 0.340 e. The van der Waals surface area contributed by atoms with Crippen LogP contribution in [0.5, 0.6) is 0 Å². The summed E-state index contributed by atoms with van der Waals surface area (Å²) in [6, 6.07) is 4.57. The fourth-order valence-corrected chi connectivity index (χ4v) is 3.43. The van der Waals surface area contributed by atoms with E-state index in [1.807, 2.05) is 12.1 Å². The molecule has 18 heavy (non-hydrogen) atoms. The van der Waals surface area contributed by atoms with E-state index in [0.29, 0.717) is 17.9 Å². The highest BCUT2D eigenvalue weighted by Crippen LogP contribution is 2.36. The summed E-state index contributed by atoms with van der Waals surface area (Å²) in [6.07, 6.45) is 4.51. The highest BCUT2D eigenvalue weighted by Gasteiger charge is 2.39. The molecule has 1 aromatic heterocycles. The van der Waals surface area contributed by atoms with Crippen LogP contribution < -0.4 is 5.32 Å². The van der Waals surface area contributed by atoms with Crippen LogP contribution >= 0.6 is 0 Å². The quantitative estimate of drug-likeness (QED) is 0.847. The Hall–Kier alpha value is -1.29. The van der Waals surface area contributed by atoms with E-state index in [1.54, 1.807) is 0 Å². The third-order valence-corrected chi connectivity index (χ3v) is 4.62. The maximum atomic E-state index is 12.6. The van der Waals surface area contributed by atoms with Crippen molar-refractivity contribution in [1.82, 2.24) is 14.8 Å². The second-order valence-electron chi connectivity index (χ2n) is 5.92. The van der Waals surface area contributed by atoms with Gasteiger partial charge in [-0.3, -0.25) is 4.79 Å². The van der Waals surface area contributed by atoms with Crippen molar-refractivity contribution in [2.75, 3.05) is 26.2 Å². The van der Waals surface area contributed by atoms with Gasteiger partial charge in [0.25, 0.3) is 5.91 Å². The van der Waals surface area contributed by atoms with E-state index in [0.717, 1.165) is 31.9 Å². The Labute approximate surface area is 107 Å². The maximum Gasteiger partial charge on any atom is 0.270 e. The van der Waals surface area contributed by atoms with Crippen LogP contribution in [0.2, 0.25) is 0 Å². The standard InChI is InChI=1S/C14H19N3O/c18-14(13-2-1-5-17(13)12-3-4-12)16-8-10-6-15-7-11(10)9-16/h1-2,5,10-12,15H,3-4,6-9H2. The molecule has 1 amide bonds. The van der Waals surface area contributed by atoms with Crippen molar-refractivity contribution in [3.8, 4) is 0 Å². The highest BCUT2D eigenvalue weighted by atomic mass is 16.2. The summed E-state index contributed by atoms with van der Waals surface area (Å²) in [7, 11) is 0. The molecule has 4 heteroatoms. The molecule has 0 spiro atoms. The molecule has 2 atom stereocenters. The van der Waals surface area contributed by atoms with Gasteiger partial charge in [-0.05, 0) is 36.8 Å². The molecule has 96 valence electrons. The normalized spacial score (nSPS) is 30.8. The van der Waals surface area contributed by atoms with Crippen LogP contribution in [0.1, 0.15) is 29.4 Å². The predicted octanol–water partition coefficient (Wildman–Crippen LogP) is 1.11. The van der Waals surface area contributed by atoms with Gasteiger partial charge in [-0.2, -0.15) is 0 Å². The fraction of sp³-hybridized carbons (Fsp3) is 0.643. The van der Waals surface area contributed by atoms with Gasteiger partial charge in [0, 0.05) is 38.4 Å². The van der Waals surface area contributed by atoms with E-state index >= 15 is 0 Å². The Morgan fingerprint density at radius 3 is 2.61 bits per heavy atom. The summed E-state index contributed by atoms with van der Waals surface area (Å²) in [5.41, 5.74) is 0.894. The van der Waals surface area contributed by atoms with Gasteiger partial charge >= 0.3 is 0 Å². The number of fused-ring (bicyclic) bond motifs is 1. The van der Waals surface area contributed by atoms with Crippen molar-refractivity contribution in [3.63, 3.8) is 0 Å². The number of nitrogens with zero attached hydrogens (tertiary/aromatic N) is 2. The van der Waals surface area contributed by atoms with Crippen LogP contribution in [-0.2, 0) is 0 Å². The third kappa shape index (κ3) is 1.59. The molecule has 0 radical (unpaired) electrons. The zero-order chi connectivity index (χ0) is 12.1. The lowest BCUT2D eigenvalue weighted by molar-refractivity contribution is 0.0770. The second-order valence-corrected chi connectivity index (χ2v) is 5.92. The molecule has 2 aliphatic heterocycles. The van der Waals surface area contributed by atoms with Gasteiger partial charge in [0.05, 0.1) is 0 Å². The monoisotopic (exact) mass is 245 g/mol. The molecule has 1 saturated carbocycles. The van der Waals surface area contributed by atoms with E-state index in [1.165, 1.54) is 12.8 Å². The summed E-state index contributed by atoms with van der Waals surface area (Å²) in [5.74, 6) is 1.60. The van der Waals surface area contributed by atoms with Crippen LogP contribution in [0.15, 0.2) is 18.3 Å². The van der Waals surface area contributed by atoms with Crippen LogP contribution in [-0.4, -0.2) is 41.6 Å². The molecule has 4 nitrogen and oxygen atoms in total. The van der Waals surface area contributed by atoms with Gasteiger partial charge < -0.3 is 14.8 Å². The molecule has 3 aliphatic rings. The Bertz CT molecular complexity index is 465. The van der Waals surface area contributed by atoms with Crippen LogP contribution in [0, 0.1) is 11.8 Å². The van der Waals surface area contributed by atoms with E-state index in [9.17, 15) is 4.79 Å². The second kappa shape index (κ2) is 3.85. The molecule has 1 aliphatic carbocycles. The molecule has 0 bridgehead atoms. The van der Waals surface area contributed by atoms with Crippen LogP contribution in [0.25, 0.3) is 0 Å². The van der Waals surface area contributed by atoms with Gasteiger partial charge in [0.1, 0.15) is 5.69 Å². The molecule has 0 aromatic carbocycles. The summed E-state index contributed by atoms with van der Waals surface area (Å²) < 4.78 is 2.18. The molecule has 1 aromatic rings. The van der Waals surface area contributed by atoms with Gasteiger partial charge in [0.2, 0.25) is 0 Å². The summed E-state index contributed by atoms with van der Waals surface area (Å²) in [4.78, 5) is 14.6. The van der Waals surface area contributed by atoms with E-state index in [2.05, 4.69) is 21.0 Å². The van der Waals surface area contributed by atoms with Crippen molar-refractivity contribution in [2.45, 2.75) is 18.9 Å². The van der Waals surface area contributed by atoms with Gasteiger partial charge in [-0.15, -0.1) is 0 Å². The third-order valence-electron chi connectivity index (χ3n) is 4.62. The zero-order valence-electron chi connectivity index (χ0n) is 10.5. The first kappa shape index (κ1) is 10.6. The number of rotatable bonds is 2. The fourth-order valence-electron chi connectivity index (χ4n) is 3.43. The van der Waals surface area contributed by atoms with E-state index < -0.39 is 0 Å². The Morgan fingerprint density at radius 1 is 1.22 bits per heavy atom. The van der Waals surface area contributed by atoms with Crippen molar-refractivity contribution in [1.29, 1.82) is 0 Å². The first-order valence-corrected chi connectivity index (χ1v) is 7.00. The summed E-state index contributed by atoms with van der Waals surface area (Å²) >= 11 is 0. The number of hydrogen-bond donors (Lipinski definition) is 1. The van der Waals surface area contributed by atoms with E-state index in [-0.39, 0.29) is 5.91 Å². The van der Waals surface area contributed by atoms with Gasteiger partial charge in [0.15, 0.2) is 0 Å². The summed E-state index contributed by atoms with van der Waals surface area (Å²) in [6.45, 7) is 4.04. The average molecular weight is 245 g/mol. The lowest BCUT2D eigenvalue weighted by Gasteiger charge is -2.18. The Kier molecular flexibility index (Phi) is 2.27. The molecule has 1 N–H and O–H groups in total. The van der Waals surface area contributed by atoms with Crippen molar-refractivity contribution in [2.24, 2.45) is 11.8 Å². The molecule has 2 saturated heterocycles. The maximum absolute atomic E-state index is 12.6. The highest BCUT2D eigenvalue weighted by molar-refractivity contribution is 5.93. The number of aromatic nitrogens is 1. The van der Waals surface area contributed by atoms with Gasteiger partial charge in [-0.1, -0.05) is 0 Å². The molecular weight excluding hydrogens is 226 g/mol. The summed E-state index contributed by atoms with van der Waals surface area (Å²) in [5, 5.41) is 3.41. The van der Waals surface area contributed by atoms with Gasteiger partial charge in [-0.25, -0.2) is 0 Å². The minimum atomic E-state index is 0.237. The molecule has 3 heterocycles. The van der Waals surface area contributed by atoms with E-state index in [4.69, 9.17) is 0 Å². The SMILES string of the molecule is O=C(c1cccn1C1CC1)N1CC2CNCC2C1. The number of hydrogen-bond acceptors (Lipinski definition) is 2. The smallest absolute Gasteiger partial charge is 0.270 e. The lowest BCUT2D eigenvalue weighted by Crippen LogP contribution is -2.33. The predicted molar refractivity (Wildman–Crippen MR) is 68.5 cm³/mol. The topological polar surface area (TPSA) is 37.3 Å².